The molecular formula is C25H38N4O3. The van der Waals surface area contributed by atoms with Crippen LogP contribution in [-0.2, 0) is 4.79 Å². The lowest BCUT2D eigenvalue weighted by molar-refractivity contribution is -0.134. The fraction of sp³-hybridized carbons (Fsp3) is 0.640. The van der Waals surface area contributed by atoms with Crippen molar-refractivity contribution < 1.29 is 14.4 Å². The average Bonchev–Trinajstić information content (AvgIpc) is 3.00. The molecule has 2 saturated heterocycles. The number of piperidine rings is 1. The first-order valence-electron chi connectivity index (χ1n) is 11.8. The molecule has 1 atom stereocenters. The van der Waals surface area contributed by atoms with Crippen LogP contribution < -0.4 is 5.32 Å². The second-order valence-electron chi connectivity index (χ2n) is 10.0. The molecule has 0 spiro atoms. The molecule has 0 saturated carbocycles. The molecule has 2 aliphatic heterocycles. The maximum Gasteiger partial charge on any atom is 0.325 e. The highest BCUT2D eigenvalue weighted by Gasteiger charge is 2.55. The Kier molecular flexibility index (Phi) is 7.59. The van der Waals surface area contributed by atoms with Crippen LogP contribution >= 0.6 is 0 Å². The van der Waals surface area contributed by atoms with Crippen LogP contribution in [-0.4, -0.2) is 78.4 Å². The minimum absolute atomic E-state index is 0.0311. The van der Waals surface area contributed by atoms with E-state index in [1.54, 1.807) is 0 Å². The van der Waals surface area contributed by atoms with Crippen molar-refractivity contribution in [3.8, 4) is 0 Å². The van der Waals surface area contributed by atoms with E-state index in [4.69, 9.17) is 0 Å². The summed E-state index contributed by atoms with van der Waals surface area (Å²) in [6, 6.07) is 7.39. The summed E-state index contributed by atoms with van der Waals surface area (Å²) in [6.45, 7) is 8.50. The van der Waals surface area contributed by atoms with Gasteiger partial charge in [-0.25, -0.2) is 4.79 Å². The molecule has 0 bridgehead atoms. The quantitative estimate of drug-likeness (QED) is 0.628. The Labute approximate surface area is 192 Å². The van der Waals surface area contributed by atoms with E-state index in [0.717, 1.165) is 12.0 Å². The summed E-state index contributed by atoms with van der Waals surface area (Å²) < 4.78 is 0. The number of carbonyl (C=O) groups is 3. The number of imide groups is 1. The van der Waals surface area contributed by atoms with E-state index in [1.165, 1.54) is 4.90 Å². The van der Waals surface area contributed by atoms with Crippen LogP contribution in [0.4, 0.5) is 4.79 Å². The Morgan fingerprint density at radius 1 is 1.22 bits per heavy atom. The second kappa shape index (κ2) is 10.0. The van der Waals surface area contributed by atoms with Crippen LogP contribution in [0.25, 0.3) is 0 Å². The lowest BCUT2D eigenvalue weighted by Gasteiger charge is -2.41. The molecule has 3 rings (SSSR count). The predicted octanol–water partition coefficient (Wildman–Crippen LogP) is 3.14. The predicted molar refractivity (Wildman–Crippen MR) is 125 cm³/mol. The van der Waals surface area contributed by atoms with Crippen LogP contribution in [0, 0.1) is 18.8 Å². The molecule has 2 aliphatic rings. The number of benzene rings is 1. The molecular weight excluding hydrogens is 404 g/mol. The van der Waals surface area contributed by atoms with E-state index < -0.39 is 5.54 Å². The van der Waals surface area contributed by atoms with Gasteiger partial charge >= 0.3 is 6.03 Å². The number of hydrogen-bond acceptors (Lipinski definition) is 4. The minimum atomic E-state index is -0.855. The smallest absolute Gasteiger partial charge is 0.325 e. The number of likely N-dealkylation sites (tertiary alicyclic amines) is 1. The molecule has 7 heteroatoms. The molecule has 0 aromatic heterocycles. The molecule has 1 N–H and O–H groups in total. The van der Waals surface area contributed by atoms with E-state index >= 15 is 0 Å². The van der Waals surface area contributed by atoms with E-state index in [2.05, 4.69) is 19.2 Å². The third-order valence-electron chi connectivity index (χ3n) is 6.83. The minimum Gasteiger partial charge on any atom is -0.339 e. The van der Waals surface area contributed by atoms with Gasteiger partial charge in [-0.05, 0) is 70.7 Å². The molecule has 2 heterocycles. The summed E-state index contributed by atoms with van der Waals surface area (Å²) in [4.78, 5) is 44.6. The lowest BCUT2D eigenvalue weighted by atomic mass is 9.73. The Balaban J connectivity index is 1.74. The monoisotopic (exact) mass is 442 g/mol. The van der Waals surface area contributed by atoms with Crippen molar-refractivity contribution in [1.82, 2.24) is 20.0 Å². The molecule has 0 aliphatic carbocycles. The van der Waals surface area contributed by atoms with Crippen LogP contribution in [0.1, 0.15) is 55.5 Å². The zero-order valence-corrected chi connectivity index (χ0v) is 20.2. The van der Waals surface area contributed by atoms with Crippen molar-refractivity contribution in [3.63, 3.8) is 0 Å². The van der Waals surface area contributed by atoms with Gasteiger partial charge in [0.2, 0.25) is 0 Å². The number of carbonyl (C=O) groups excluding carboxylic acids is 3. The summed E-state index contributed by atoms with van der Waals surface area (Å²) in [5.74, 6) is 0.422. The number of hydrogen-bond donors (Lipinski definition) is 1. The molecule has 32 heavy (non-hydrogen) atoms. The average molecular weight is 443 g/mol. The Morgan fingerprint density at radius 2 is 1.91 bits per heavy atom. The third-order valence-corrected chi connectivity index (χ3v) is 6.83. The molecule has 2 fully saturated rings. The highest BCUT2D eigenvalue weighted by molar-refractivity contribution is 6.07. The molecule has 1 aromatic rings. The summed E-state index contributed by atoms with van der Waals surface area (Å²) in [5.41, 5.74) is 0.917. The Bertz CT molecular complexity index is 845. The third kappa shape index (κ3) is 5.14. The van der Waals surface area contributed by atoms with Crippen LogP contribution in [0.5, 0.6) is 0 Å². The van der Waals surface area contributed by atoms with Gasteiger partial charge in [-0.3, -0.25) is 14.5 Å². The molecule has 176 valence electrons. The number of amides is 4. The maximum atomic E-state index is 13.6. The summed E-state index contributed by atoms with van der Waals surface area (Å²) in [7, 11) is 3.87. The van der Waals surface area contributed by atoms with Crippen molar-refractivity contribution in [1.29, 1.82) is 0 Å². The fourth-order valence-electron chi connectivity index (χ4n) is 4.85. The van der Waals surface area contributed by atoms with Gasteiger partial charge in [-0.15, -0.1) is 0 Å². The highest BCUT2D eigenvalue weighted by atomic mass is 16.2. The van der Waals surface area contributed by atoms with Gasteiger partial charge < -0.3 is 15.1 Å². The standard InChI is InChI=1S/C25H38N4O3/c1-18(2)9-12-25(23(31)29(24(32)26-25)16-15-27(4)5)21-10-13-28(14-11-21)22(30)20-8-6-7-19(3)17-20/h6-8,17-18,21H,9-16H2,1-5H3,(H,26,32)/t25-/m1/s1. The summed E-state index contributed by atoms with van der Waals surface area (Å²) in [5, 5.41) is 3.11. The first-order valence-corrected chi connectivity index (χ1v) is 11.8. The van der Waals surface area contributed by atoms with Crippen LogP contribution in [0.15, 0.2) is 24.3 Å². The highest BCUT2D eigenvalue weighted by Crippen LogP contribution is 2.38. The number of nitrogens with one attached hydrogen (secondary N) is 1. The van der Waals surface area contributed by atoms with E-state index in [9.17, 15) is 14.4 Å². The van der Waals surface area contributed by atoms with Gasteiger partial charge in [0.25, 0.3) is 11.8 Å². The maximum absolute atomic E-state index is 13.6. The van der Waals surface area contributed by atoms with Gasteiger partial charge in [0.1, 0.15) is 5.54 Å². The number of nitrogens with zero attached hydrogens (tertiary/aromatic N) is 3. The first-order chi connectivity index (χ1) is 15.1. The summed E-state index contributed by atoms with van der Waals surface area (Å²) >= 11 is 0. The van der Waals surface area contributed by atoms with E-state index in [1.807, 2.05) is 55.1 Å². The van der Waals surface area contributed by atoms with E-state index in [-0.39, 0.29) is 23.8 Å². The number of aryl methyl sites for hydroxylation is 1. The zero-order valence-electron chi connectivity index (χ0n) is 20.2. The van der Waals surface area contributed by atoms with Gasteiger partial charge in [-0.2, -0.15) is 0 Å². The van der Waals surface area contributed by atoms with Crippen molar-refractivity contribution in [3.05, 3.63) is 35.4 Å². The van der Waals surface area contributed by atoms with Crippen molar-refractivity contribution >= 4 is 17.8 Å². The number of likely N-dealkylation sites (N-methyl/N-ethyl adjacent to an activating group) is 1. The topological polar surface area (TPSA) is 73.0 Å². The summed E-state index contributed by atoms with van der Waals surface area (Å²) in [6.07, 6.45) is 2.94. The first kappa shape index (κ1) is 24.2. The van der Waals surface area contributed by atoms with E-state index in [0.29, 0.717) is 56.9 Å². The lowest BCUT2D eigenvalue weighted by Crippen LogP contribution is -2.56. The molecule has 0 unspecified atom stereocenters. The SMILES string of the molecule is Cc1cccc(C(=O)N2CCC([C@@]3(CCC(C)C)NC(=O)N(CCN(C)C)C3=O)CC2)c1. The number of urea groups is 1. The van der Waals surface area contributed by atoms with Gasteiger partial charge in [0, 0.05) is 31.7 Å². The van der Waals surface area contributed by atoms with Crippen molar-refractivity contribution in [2.24, 2.45) is 11.8 Å². The van der Waals surface area contributed by atoms with Crippen LogP contribution in [0.3, 0.4) is 0 Å². The van der Waals surface area contributed by atoms with Crippen LogP contribution in [0.2, 0.25) is 0 Å². The molecule has 7 nitrogen and oxygen atoms in total. The van der Waals surface area contributed by atoms with Crippen molar-refractivity contribution in [2.45, 2.75) is 52.0 Å². The van der Waals surface area contributed by atoms with Gasteiger partial charge in [0.15, 0.2) is 0 Å². The molecule has 1 aromatic carbocycles. The van der Waals surface area contributed by atoms with Gasteiger partial charge in [0.05, 0.1) is 0 Å². The Hall–Kier alpha value is -2.41. The normalized spacial score (nSPS) is 22.2. The molecule has 0 radical (unpaired) electrons. The Morgan fingerprint density at radius 3 is 2.50 bits per heavy atom. The zero-order chi connectivity index (χ0) is 23.5. The van der Waals surface area contributed by atoms with Gasteiger partial charge in [-0.1, -0.05) is 31.5 Å². The second-order valence-corrected chi connectivity index (χ2v) is 10.0. The molecule has 4 amide bonds. The fourth-order valence-corrected chi connectivity index (χ4v) is 4.85. The van der Waals surface area contributed by atoms with Crippen molar-refractivity contribution in [2.75, 3.05) is 40.3 Å². The number of rotatable bonds is 8. The largest absolute Gasteiger partial charge is 0.339 e.